The van der Waals surface area contributed by atoms with Crippen LogP contribution < -0.4 is 4.31 Å². The summed E-state index contributed by atoms with van der Waals surface area (Å²) in [5, 5.41) is 0. The van der Waals surface area contributed by atoms with Crippen LogP contribution in [0.4, 0.5) is 5.69 Å². The maximum absolute atomic E-state index is 13.2. The predicted octanol–water partition coefficient (Wildman–Crippen LogP) is 4.18. The van der Waals surface area contributed by atoms with Crippen molar-refractivity contribution in [3.63, 3.8) is 0 Å². The number of anilines is 1. The molecule has 0 amide bonds. The van der Waals surface area contributed by atoms with Crippen LogP contribution in [0.2, 0.25) is 0 Å². The summed E-state index contributed by atoms with van der Waals surface area (Å²) in [7, 11) is -3.72. The zero-order valence-electron chi connectivity index (χ0n) is 15.8. The second kappa shape index (κ2) is 7.95. The first-order valence-electron chi connectivity index (χ1n) is 9.93. The fourth-order valence-electron chi connectivity index (χ4n) is 4.10. The molecule has 1 aliphatic carbocycles. The normalized spacial score (nSPS) is 17.4. The molecule has 2 aromatic rings. The van der Waals surface area contributed by atoms with Gasteiger partial charge in [0.25, 0.3) is 10.0 Å². The Balaban J connectivity index is 1.51. The molecule has 28 heavy (non-hydrogen) atoms. The summed E-state index contributed by atoms with van der Waals surface area (Å²) in [6.07, 6.45) is 6.51. The monoisotopic (exact) mass is 399 g/mol. The van der Waals surface area contributed by atoms with E-state index < -0.39 is 16.0 Å². The number of rotatable bonds is 5. The van der Waals surface area contributed by atoms with Crippen LogP contribution >= 0.6 is 0 Å². The lowest BCUT2D eigenvalue weighted by atomic mass is 9.90. The molecule has 0 atom stereocenters. The number of para-hydroxylation sites is 1. The molecule has 2 aromatic carbocycles. The third kappa shape index (κ3) is 3.78. The van der Waals surface area contributed by atoms with Gasteiger partial charge in [0.05, 0.1) is 22.8 Å². The summed E-state index contributed by atoms with van der Waals surface area (Å²) >= 11 is 0. The molecule has 6 heteroatoms. The van der Waals surface area contributed by atoms with E-state index in [-0.39, 0.29) is 10.5 Å². The molecule has 148 valence electrons. The number of sulfonamides is 1. The van der Waals surface area contributed by atoms with E-state index in [1.54, 1.807) is 12.1 Å². The molecule has 0 radical (unpaired) electrons. The van der Waals surface area contributed by atoms with Crippen LogP contribution in [0.3, 0.4) is 0 Å². The van der Waals surface area contributed by atoms with Gasteiger partial charge in [0, 0.05) is 6.54 Å². The topological polar surface area (TPSA) is 63.7 Å². The predicted molar refractivity (Wildman–Crippen MR) is 108 cm³/mol. The average Bonchev–Trinajstić information content (AvgIpc) is 3.18. The number of ether oxygens (including phenoxy) is 1. The standard InChI is InChI=1S/C22H25NO4S/c24-22(27-16-17-7-2-1-3-8-17)19-10-6-11-20(15-19)28(25,26)23-14-13-18-9-4-5-12-21(18)23/h4-6,9-12,15,17H,1-3,7-8,13-14,16H2. The van der Waals surface area contributed by atoms with Gasteiger partial charge in [-0.05, 0) is 55.0 Å². The average molecular weight is 400 g/mol. The van der Waals surface area contributed by atoms with Crippen molar-refractivity contribution in [3.8, 4) is 0 Å². The summed E-state index contributed by atoms with van der Waals surface area (Å²) in [5.41, 5.74) is 2.02. The maximum Gasteiger partial charge on any atom is 0.338 e. The molecule has 0 saturated heterocycles. The van der Waals surface area contributed by atoms with Crippen LogP contribution in [-0.2, 0) is 21.2 Å². The van der Waals surface area contributed by atoms with Gasteiger partial charge < -0.3 is 4.74 Å². The number of carbonyl (C=O) groups is 1. The van der Waals surface area contributed by atoms with Crippen LogP contribution in [0.1, 0.15) is 48.0 Å². The van der Waals surface area contributed by atoms with E-state index in [1.807, 2.05) is 24.3 Å². The summed E-state index contributed by atoms with van der Waals surface area (Å²) in [5.74, 6) is -0.0323. The summed E-state index contributed by atoms with van der Waals surface area (Å²) < 4.78 is 33.2. The Hall–Kier alpha value is -2.34. The van der Waals surface area contributed by atoms with Crippen molar-refractivity contribution >= 4 is 21.7 Å². The van der Waals surface area contributed by atoms with Crippen molar-refractivity contribution in [1.29, 1.82) is 0 Å². The highest BCUT2D eigenvalue weighted by Gasteiger charge is 2.31. The van der Waals surface area contributed by atoms with E-state index in [2.05, 4.69) is 0 Å². The molecule has 1 fully saturated rings. The van der Waals surface area contributed by atoms with Gasteiger partial charge >= 0.3 is 5.97 Å². The minimum Gasteiger partial charge on any atom is -0.462 e. The van der Waals surface area contributed by atoms with Crippen molar-refractivity contribution in [2.24, 2.45) is 5.92 Å². The molecule has 5 nitrogen and oxygen atoms in total. The summed E-state index contributed by atoms with van der Waals surface area (Å²) in [4.78, 5) is 12.6. The fraction of sp³-hybridized carbons (Fsp3) is 0.409. The molecule has 0 N–H and O–H groups in total. The van der Waals surface area contributed by atoms with E-state index >= 15 is 0 Å². The Morgan fingerprint density at radius 3 is 2.64 bits per heavy atom. The zero-order valence-corrected chi connectivity index (χ0v) is 16.7. The summed E-state index contributed by atoms with van der Waals surface area (Å²) in [6.45, 7) is 0.827. The van der Waals surface area contributed by atoms with Crippen LogP contribution in [0.25, 0.3) is 0 Å². The fourth-order valence-corrected chi connectivity index (χ4v) is 5.65. The molecule has 4 rings (SSSR count). The van der Waals surface area contributed by atoms with Crippen LogP contribution in [-0.4, -0.2) is 27.5 Å². The third-order valence-corrected chi connectivity index (χ3v) is 7.49. The van der Waals surface area contributed by atoms with E-state index in [1.165, 1.54) is 35.7 Å². The number of hydrogen-bond acceptors (Lipinski definition) is 4. The number of nitrogens with zero attached hydrogens (tertiary/aromatic N) is 1. The van der Waals surface area contributed by atoms with Gasteiger partial charge in [0.15, 0.2) is 0 Å². The van der Waals surface area contributed by atoms with Crippen molar-refractivity contribution in [1.82, 2.24) is 0 Å². The quantitative estimate of drug-likeness (QED) is 0.708. The molecule has 0 aromatic heterocycles. The van der Waals surface area contributed by atoms with Gasteiger partial charge in [-0.15, -0.1) is 0 Å². The summed E-state index contributed by atoms with van der Waals surface area (Å²) in [6, 6.07) is 13.7. The maximum atomic E-state index is 13.2. The molecule has 1 saturated carbocycles. The first-order chi connectivity index (χ1) is 13.6. The molecular weight excluding hydrogens is 374 g/mol. The Labute approximate surface area is 166 Å². The van der Waals surface area contributed by atoms with Gasteiger partial charge in [0.1, 0.15) is 0 Å². The van der Waals surface area contributed by atoms with Crippen LogP contribution in [0, 0.1) is 5.92 Å². The molecule has 0 unspecified atom stereocenters. The molecule has 1 heterocycles. The van der Waals surface area contributed by atoms with Crippen LogP contribution in [0.15, 0.2) is 53.4 Å². The first kappa shape index (κ1) is 19.0. The van der Waals surface area contributed by atoms with E-state index in [9.17, 15) is 13.2 Å². The molecular formula is C22H25NO4S. The van der Waals surface area contributed by atoms with E-state index in [0.717, 1.165) is 18.4 Å². The molecule has 2 aliphatic rings. The Morgan fingerprint density at radius 1 is 1.04 bits per heavy atom. The SMILES string of the molecule is O=C(OCC1CCCCC1)c1cccc(S(=O)(=O)N2CCc3ccccc32)c1. The number of carbonyl (C=O) groups excluding carboxylic acids is 1. The van der Waals surface area contributed by atoms with Gasteiger partial charge in [-0.3, -0.25) is 4.31 Å². The van der Waals surface area contributed by atoms with E-state index in [0.29, 0.717) is 31.2 Å². The van der Waals surface area contributed by atoms with Crippen LogP contribution in [0.5, 0.6) is 0 Å². The lowest BCUT2D eigenvalue weighted by Gasteiger charge is -2.21. The number of fused-ring (bicyclic) bond motifs is 1. The van der Waals surface area contributed by atoms with Gasteiger partial charge in [-0.25, -0.2) is 13.2 Å². The minimum atomic E-state index is -3.72. The van der Waals surface area contributed by atoms with Gasteiger partial charge in [0.2, 0.25) is 0 Å². The Morgan fingerprint density at radius 2 is 1.82 bits per heavy atom. The second-order valence-electron chi connectivity index (χ2n) is 7.59. The van der Waals surface area contributed by atoms with E-state index in [4.69, 9.17) is 4.74 Å². The van der Waals surface area contributed by atoms with Crippen molar-refractivity contribution in [3.05, 3.63) is 59.7 Å². The first-order valence-corrected chi connectivity index (χ1v) is 11.4. The lowest BCUT2D eigenvalue weighted by molar-refractivity contribution is 0.0410. The number of hydrogen-bond donors (Lipinski definition) is 0. The third-order valence-electron chi connectivity index (χ3n) is 5.68. The molecule has 0 spiro atoms. The Bertz CT molecular complexity index is 964. The van der Waals surface area contributed by atoms with Gasteiger partial charge in [-0.1, -0.05) is 43.5 Å². The van der Waals surface area contributed by atoms with Crippen molar-refractivity contribution in [2.75, 3.05) is 17.5 Å². The van der Waals surface area contributed by atoms with Gasteiger partial charge in [-0.2, -0.15) is 0 Å². The largest absolute Gasteiger partial charge is 0.462 e. The number of benzene rings is 2. The lowest BCUT2D eigenvalue weighted by Crippen LogP contribution is -2.29. The highest BCUT2D eigenvalue weighted by molar-refractivity contribution is 7.92. The Kier molecular flexibility index (Phi) is 5.40. The minimum absolute atomic E-state index is 0.122. The highest BCUT2D eigenvalue weighted by atomic mass is 32.2. The van der Waals surface area contributed by atoms with Crippen molar-refractivity contribution < 1.29 is 17.9 Å². The zero-order chi connectivity index (χ0) is 19.6. The molecule has 0 bridgehead atoms. The smallest absolute Gasteiger partial charge is 0.338 e. The number of esters is 1. The highest BCUT2D eigenvalue weighted by Crippen LogP contribution is 2.33. The second-order valence-corrected chi connectivity index (χ2v) is 9.45. The molecule has 1 aliphatic heterocycles. The van der Waals surface area contributed by atoms with Crippen molar-refractivity contribution in [2.45, 2.75) is 43.4 Å².